The molecule has 2 aromatic rings. The van der Waals surface area contributed by atoms with Crippen molar-refractivity contribution in [3.63, 3.8) is 0 Å². The summed E-state index contributed by atoms with van der Waals surface area (Å²) in [5, 5.41) is 5.98. The van der Waals surface area contributed by atoms with E-state index in [0.717, 1.165) is 25.7 Å². The maximum absolute atomic E-state index is 13.1. The summed E-state index contributed by atoms with van der Waals surface area (Å²) in [5.41, 5.74) is 1.89. The highest BCUT2D eigenvalue weighted by atomic mass is 32.2. The summed E-state index contributed by atoms with van der Waals surface area (Å²) in [6.07, 6.45) is 8.47. The van der Waals surface area contributed by atoms with E-state index in [1.165, 1.54) is 30.2 Å². The molecule has 1 aliphatic carbocycles. The maximum Gasteiger partial charge on any atom is 0.321 e. The Balaban J connectivity index is 1.76. The molecule has 1 aliphatic rings. The van der Waals surface area contributed by atoms with Gasteiger partial charge in [0.25, 0.3) is 5.56 Å². The summed E-state index contributed by atoms with van der Waals surface area (Å²) in [6.45, 7) is 2.98. The van der Waals surface area contributed by atoms with Crippen LogP contribution < -0.4 is 16.2 Å². The minimum Gasteiger partial charge on any atom is -0.338 e. The quantitative estimate of drug-likeness (QED) is 0.381. The van der Waals surface area contributed by atoms with Crippen LogP contribution >= 0.6 is 11.8 Å². The van der Waals surface area contributed by atoms with Gasteiger partial charge in [-0.3, -0.25) is 19.5 Å². The van der Waals surface area contributed by atoms with Gasteiger partial charge in [0.1, 0.15) is 0 Å². The van der Waals surface area contributed by atoms with Crippen LogP contribution in [0, 0.1) is 0 Å². The van der Waals surface area contributed by atoms with E-state index in [1.54, 1.807) is 16.7 Å². The molecule has 2 N–H and O–H groups in total. The Morgan fingerprint density at radius 2 is 2.07 bits per heavy atom. The first kappa shape index (κ1) is 22.1. The minimum atomic E-state index is -0.504. The van der Waals surface area contributed by atoms with E-state index >= 15 is 0 Å². The van der Waals surface area contributed by atoms with Crippen LogP contribution in [0.15, 0.2) is 45.9 Å². The number of nitrogens with one attached hydrogen (secondary N) is 2. The van der Waals surface area contributed by atoms with Crippen LogP contribution in [-0.4, -0.2) is 33.8 Å². The van der Waals surface area contributed by atoms with Crippen molar-refractivity contribution in [2.24, 2.45) is 0 Å². The van der Waals surface area contributed by atoms with Crippen LogP contribution in [0.5, 0.6) is 0 Å². The van der Waals surface area contributed by atoms with Crippen molar-refractivity contribution in [3.8, 4) is 0 Å². The lowest BCUT2D eigenvalue weighted by Gasteiger charge is -2.16. The van der Waals surface area contributed by atoms with Gasteiger partial charge in [-0.15, -0.1) is 0 Å². The molecule has 8 heteroatoms. The molecule has 3 rings (SSSR count). The highest BCUT2D eigenvalue weighted by molar-refractivity contribution is 7.99. The number of fused-ring (bicyclic) bond motifs is 1. The summed E-state index contributed by atoms with van der Waals surface area (Å²) >= 11 is 1.18. The third-order valence-corrected chi connectivity index (χ3v) is 5.97. The molecule has 0 radical (unpaired) electrons. The summed E-state index contributed by atoms with van der Waals surface area (Å²) in [4.78, 5) is 41.5. The average Bonchev–Trinajstić information content (AvgIpc) is 2.76. The van der Waals surface area contributed by atoms with E-state index in [2.05, 4.69) is 21.7 Å². The van der Waals surface area contributed by atoms with Crippen molar-refractivity contribution in [2.45, 2.75) is 57.1 Å². The van der Waals surface area contributed by atoms with Crippen LogP contribution in [0.25, 0.3) is 10.9 Å². The SMILES string of the molecule is CCCNC(=O)NC(=O)CSc1nc2ccccc2c(=O)n1CCC1=CCCCC1. The minimum absolute atomic E-state index is 0.00697. The number of amides is 3. The van der Waals surface area contributed by atoms with Crippen molar-refractivity contribution in [1.82, 2.24) is 20.2 Å². The fourth-order valence-electron chi connectivity index (χ4n) is 3.42. The lowest BCUT2D eigenvalue weighted by Crippen LogP contribution is -2.40. The number of aromatic nitrogens is 2. The first-order chi connectivity index (χ1) is 14.6. The number of imide groups is 1. The Morgan fingerprint density at radius 3 is 2.83 bits per heavy atom. The predicted octanol–water partition coefficient (Wildman–Crippen LogP) is 3.61. The number of urea groups is 1. The number of rotatable bonds is 8. The predicted molar refractivity (Wildman–Crippen MR) is 120 cm³/mol. The number of carbonyl (C=O) groups excluding carboxylic acids is 2. The molecule has 0 fully saturated rings. The van der Waals surface area contributed by atoms with Crippen LogP contribution in [0.3, 0.4) is 0 Å². The molecule has 3 amide bonds. The molecular weight excluding hydrogens is 400 g/mol. The molecule has 7 nitrogen and oxygen atoms in total. The smallest absolute Gasteiger partial charge is 0.321 e. The Labute approximate surface area is 180 Å². The van der Waals surface area contributed by atoms with E-state index in [0.29, 0.717) is 29.1 Å². The zero-order chi connectivity index (χ0) is 21.3. The van der Waals surface area contributed by atoms with Crippen molar-refractivity contribution in [2.75, 3.05) is 12.3 Å². The van der Waals surface area contributed by atoms with Gasteiger partial charge in [-0.1, -0.05) is 42.5 Å². The van der Waals surface area contributed by atoms with Gasteiger partial charge >= 0.3 is 6.03 Å². The number of nitrogens with zero attached hydrogens (tertiary/aromatic N) is 2. The number of benzene rings is 1. The highest BCUT2D eigenvalue weighted by Crippen LogP contribution is 2.23. The molecule has 0 unspecified atom stereocenters. The van der Waals surface area contributed by atoms with E-state index in [4.69, 9.17) is 0 Å². The van der Waals surface area contributed by atoms with Crippen molar-refractivity contribution in [1.29, 1.82) is 0 Å². The summed E-state index contributed by atoms with van der Waals surface area (Å²) in [5.74, 6) is -0.412. The number of hydrogen-bond donors (Lipinski definition) is 2. The van der Waals surface area contributed by atoms with Crippen molar-refractivity contribution < 1.29 is 9.59 Å². The fourth-order valence-corrected chi connectivity index (χ4v) is 4.24. The molecule has 0 spiro atoms. The third kappa shape index (κ3) is 5.95. The molecule has 1 aromatic carbocycles. The van der Waals surface area contributed by atoms with E-state index in [-0.39, 0.29) is 11.3 Å². The molecule has 0 bridgehead atoms. The van der Waals surface area contributed by atoms with E-state index in [1.807, 2.05) is 19.1 Å². The molecule has 0 aliphatic heterocycles. The van der Waals surface area contributed by atoms with Crippen LogP contribution in [-0.2, 0) is 11.3 Å². The second-order valence-corrected chi connectivity index (χ2v) is 8.26. The third-order valence-electron chi connectivity index (χ3n) is 4.99. The summed E-state index contributed by atoms with van der Waals surface area (Å²) < 4.78 is 1.66. The van der Waals surface area contributed by atoms with Gasteiger partial charge in [0.15, 0.2) is 5.16 Å². The topological polar surface area (TPSA) is 93.1 Å². The highest BCUT2D eigenvalue weighted by Gasteiger charge is 2.15. The Kier molecular flexibility index (Phi) is 8.07. The largest absolute Gasteiger partial charge is 0.338 e. The zero-order valence-electron chi connectivity index (χ0n) is 17.3. The monoisotopic (exact) mass is 428 g/mol. The van der Waals surface area contributed by atoms with Crippen molar-refractivity contribution >= 4 is 34.6 Å². The second-order valence-electron chi connectivity index (χ2n) is 7.32. The van der Waals surface area contributed by atoms with Gasteiger partial charge < -0.3 is 5.32 Å². The van der Waals surface area contributed by atoms with E-state index < -0.39 is 11.9 Å². The first-order valence-corrected chi connectivity index (χ1v) is 11.4. The second kappa shape index (κ2) is 11.0. The van der Waals surface area contributed by atoms with Crippen LogP contribution in [0.4, 0.5) is 4.79 Å². The molecular formula is C22H28N4O3S. The first-order valence-electron chi connectivity index (χ1n) is 10.5. The normalized spacial score (nSPS) is 13.7. The number of para-hydroxylation sites is 1. The van der Waals surface area contributed by atoms with Gasteiger partial charge in [0, 0.05) is 13.1 Å². The molecule has 0 atom stereocenters. The Bertz CT molecular complexity index is 1000. The lowest BCUT2D eigenvalue weighted by atomic mass is 9.97. The number of hydrogen-bond acceptors (Lipinski definition) is 5. The van der Waals surface area contributed by atoms with Gasteiger partial charge in [-0.2, -0.15) is 0 Å². The molecule has 1 aromatic heterocycles. The van der Waals surface area contributed by atoms with Gasteiger partial charge in [-0.05, 0) is 50.7 Å². The molecule has 0 saturated carbocycles. The molecule has 30 heavy (non-hydrogen) atoms. The number of allylic oxidation sites excluding steroid dienone is 2. The van der Waals surface area contributed by atoms with Crippen LogP contribution in [0.1, 0.15) is 45.4 Å². The molecule has 160 valence electrons. The standard InChI is InChI=1S/C22H28N4O3S/c1-2-13-23-21(29)25-19(27)15-30-22-24-18-11-7-6-10-17(18)20(28)26(22)14-12-16-8-4-3-5-9-16/h6-8,10-11H,2-5,9,12-15H2,1H3,(H2,23,25,27,29). The molecule has 0 saturated heterocycles. The lowest BCUT2D eigenvalue weighted by molar-refractivity contribution is -0.117. The van der Waals surface area contributed by atoms with Crippen LogP contribution in [0.2, 0.25) is 0 Å². The average molecular weight is 429 g/mol. The summed E-state index contributed by atoms with van der Waals surface area (Å²) in [7, 11) is 0. The number of thioether (sulfide) groups is 1. The van der Waals surface area contributed by atoms with Gasteiger partial charge in [0.2, 0.25) is 5.91 Å². The Hall–Kier alpha value is -2.61. The maximum atomic E-state index is 13.1. The fraction of sp³-hybridized carbons (Fsp3) is 0.455. The van der Waals surface area contributed by atoms with Gasteiger partial charge in [-0.25, -0.2) is 9.78 Å². The van der Waals surface area contributed by atoms with E-state index in [9.17, 15) is 14.4 Å². The van der Waals surface area contributed by atoms with Crippen molar-refractivity contribution in [3.05, 3.63) is 46.3 Å². The van der Waals surface area contributed by atoms with Gasteiger partial charge in [0.05, 0.1) is 16.7 Å². The molecule has 1 heterocycles. The zero-order valence-corrected chi connectivity index (χ0v) is 18.1. The summed E-state index contributed by atoms with van der Waals surface area (Å²) in [6, 6.07) is 6.74. The Morgan fingerprint density at radius 1 is 1.23 bits per heavy atom. The number of carbonyl (C=O) groups is 2.